The summed E-state index contributed by atoms with van der Waals surface area (Å²) < 4.78 is 46.4. The van der Waals surface area contributed by atoms with Crippen molar-refractivity contribution in [2.24, 2.45) is 0 Å². The standard InChI is InChI=1S/C17H27N2O11P/c1-3-26-9-12-14(30-31(23,24)29-10-5-7-27-11(10)8-20)15(25-2)16(28-12)19-6-4-13(21)18-17(19)22/h4,6,10-12,14-16,20H,3,5,7-9H2,1-2H3,(H,23,24)(H,18,21,22)/t10-,11+,12+,14+,15+,16+/m0/s1. The highest BCUT2D eigenvalue weighted by molar-refractivity contribution is 7.47. The monoisotopic (exact) mass is 466 g/mol. The van der Waals surface area contributed by atoms with Gasteiger partial charge in [-0.15, -0.1) is 0 Å². The molecule has 3 heterocycles. The molecule has 2 aliphatic heterocycles. The summed E-state index contributed by atoms with van der Waals surface area (Å²) in [6.45, 7) is 1.99. The van der Waals surface area contributed by atoms with Gasteiger partial charge in [0, 0.05) is 39.0 Å². The first-order chi connectivity index (χ1) is 14.8. The summed E-state index contributed by atoms with van der Waals surface area (Å²) in [5.41, 5.74) is -1.33. The molecule has 2 saturated heterocycles. The van der Waals surface area contributed by atoms with Crippen LogP contribution in [0, 0.1) is 0 Å². The minimum atomic E-state index is -4.65. The average Bonchev–Trinajstić information content (AvgIpc) is 3.29. The number of nitrogens with zero attached hydrogens (tertiary/aromatic N) is 1. The van der Waals surface area contributed by atoms with Crippen LogP contribution in [0.5, 0.6) is 0 Å². The van der Waals surface area contributed by atoms with Crippen LogP contribution in [0.25, 0.3) is 0 Å². The minimum absolute atomic E-state index is 0.0125. The minimum Gasteiger partial charge on any atom is -0.394 e. The zero-order valence-electron chi connectivity index (χ0n) is 17.1. The van der Waals surface area contributed by atoms with Crippen molar-refractivity contribution in [3.63, 3.8) is 0 Å². The second-order valence-electron chi connectivity index (χ2n) is 7.01. The van der Waals surface area contributed by atoms with E-state index in [1.54, 1.807) is 6.92 Å². The van der Waals surface area contributed by atoms with E-state index in [2.05, 4.69) is 4.98 Å². The molecule has 13 nitrogen and oxygen atoms in total. The van der Waals surface area contributed by atoms with Crippen LogP contribution in [-0.2, 0) is 32.6 Å². The van der Waals surface area contributed by atoms with Crippen LogP contribution in [0.1, 0.15) is 19.6 Å². The van der Waals surface area contributed by atoms with E-state index in [1.165, 1.54) is 13.3 Å². The van der Waals surface area contributed by atoms with Crippen LogP contribution in [0.4, 0.5) is 0 Å². The quantitative estimate of drug-likeness (QED) is 0.367. The van der Waals surface area contributed by atoms with Crippen molar-refractivity contribution < 1.29 is 42.6 Å². The summed E-state index contributed by atoms with van der Waals surface area (Å²) in [6.07, 6.45) is -4.13. The van der Waals surface area contributed by atoms with Crippen molar-refractivity contribution in [3.8, 4) is 0 Å². The van der Waals surface area contributed by atoms with Crippen LogP contribution in [0.2, 0.25) is 0 Å². The molecule has 3 N–H and O–H groups in total. The van der Waals surface area contributed by atoms with Gasteiger partial charge in [0.1, 0.15) is 30.5 Å². The van der Waals surface area contributed by atoms with E-state index in [0.717, 1.165) is 10.6 Å². The van der Waals surface area contributed by atoms with Gasteiger partial charge in [-0.1, -0.05) is 0 Å². The summed E-state index contributed by atoms with van der Waals surface area (Å²) in [7, 11) is -3.32. The Morgan fingerprint density at radius 1 is 1.29 bits per heavy atom. The van der Waals surface area contributed by atoms with Gasteiger partial charge in [-0.2, -0.15) is 0 Å². The molecule has 176 valence electrons. The fourth-order valence-corrected chi connectivity index (χ4v) is 4.77. The number of aromatic nitrogens is 2. The van der Waals surface area contributed by atoms with E-state index in [4.69, 9.17) is 28.0 Å². The number of aromatic amines is 1. The molecular formula is C17H27N2O11P. The van der Waals surface area contributed by atoms with Crippen molar-refractivity contribution in [2.45, 2.75) is 50.1 Å². The van der Waals surface area contributed by atoms with Gasteiger partial charge in [0.25, 0.3) is 5.56 Å². The summed E-state index contributed by atoms with van der Waals surface area (Å²) >= 11 is 0. The Kier molecular flexibility index (Phi) is 8.19. The lowest BCUT2D eigenvalue weighted by atomic mass is 10.1. The summed E-state index contributed by atoms with van der Waals surface area (Å²) in [5, 5.41) is 9.31. The zero-order chi connectivity index (χ0) is 22.6. The number of phosphoric ester groups is 1. The van der Waals surface area contributed by atoms with Gasteiger partial charge in [0.05, 0.1) is 13.2 Å². The Bertz CT molecular complexity index is 889. The number of aliphatic hydroxyl groups excluding tert-OH is 1. The van der Waals surface area contributed by atoms with Crippen LogP contribution >= 0.6 is 7.82 Å². The molecule has 3 rings (SSSR count). The maximum atomic E-state index is 12.7. The lowest BCUT2D eigenvalue weighted by Crippen LogP contribution is -2.40. The fourth-order valence-electron chi connectivity index (χ4n) is 3.58. The number of hydrogen-bond acceptors (Lipinski definition) is 10. The number of aliphatic hydroxyl groups is 1. The third-order valence-corrected chi connectivity index (χ3v) is 6.07. The van der Waals surface area contributed by atoms with E-state index in [0.29, 0.717) is 13.0 Å². The van der Waals surface area contributed by atoms with Gasteiger partial charge >= 0.3 is 13.5 Å². The molecule has 0 bridgehead atoms. The van der Waals surface area contributed by atoms with Crippen molar-refractivity contribution >= 4 is 7.82 Å². The second-order valence-corrected chi connectivity index (χ2v) is 8.36. The molecule has 0 amide bonds. The molecule has 0 spiro atoms. The first-order valence-electron chi connectivity index (χ1n) is 9.79. The second kappa shape index (κ2) is 10.5. The summed E-state index contributed by atoms with van der Waals surface area (Å²) in [5.74, 6) is 0. The molecule has 1 aromatic heterocycles. The topological polar surface area (TPSA) is 168 Å². The van der Waals surface area contributed by atoms with Gasteiger partial charge in [-0.05, 0) is 6.92 Å². The molecule has 31 heavy (non-hydrogen) atoms. The highest BCUT2D eigenvalue weighted by Gasteiger charge is 2.51. The SMILES string of the molecule is CCOC[C@H]1O[C@@H](n2ccc(=O)[nH]c2=O)[C@H](OC)[C@@H]1OP(=O)(O)O[C@H]1CCO[C@@H]1CO. The molecule has 0 radical (unpaired) electrons. The van der Waals surface area contributed by atoms with Gasteiger partial charge in [0.15, 0.2) is 6.23 Å². The van der Waals surface area contributed by atoms with Gasteiger partial charge in [0.2, 0.25) is 0 Å². The van der Waals surface area contributed by atoms with Crippen LogP contribution in [-0.4, -0.2) is 83.6 Å². The van der Waals surface area contributed by atoms with Crippen LogP contribution in [0.15, 0.2) is 21.9 Å². The van der Waals surface area contributed by atoms with Crippen molar-refractivity contribution in [2.75, 3.05) is 33.5 Å². The molecule has 14 heteroatoms. The van der Waals surface area contributed by atoms with E-state index >= 15 is 0 Å². The van der Waals surface area contributed by atoms with Crippen LogP contribution < -0.4 is 11.2 Å². The number of ether oxygens (including phenoxy) is 4. The van der Waals surface area contributed by atoms with Crippen molar-refractivity contribution in [1.29, 1.82) is 0 Å². The highest BCUT2D eigenvalue weighted by Crippen LogP contribution is 2.51. The molecular weight excluding hydrogens is 439 g/mol. The van der Waals surface area contributed by atoms with Gasteiger partial charge < -0.3 is 28.9 Å². The van der Waals surface area contributed by atoms with Crippen molar-refractivity contribution in [1.82, 2.24) is 9.55 Å². The molecule has 7 atom stereocenters. The Morgan fingerprint density at radius 2 is 2.06 bits per heavy atom. The lowest BCUT2D eigenvalue weighted by molar-refractivity contribution is -0.0712. The smallest absolute Gasteiger partial charge is 0.394 e. The maximum absolute atomic E-state index is 12.7. The molecule has 1 unspecified atom stereocenters. The van der Waals surface area contributed by atoms with Gasteiger partial charge in [-0.25, -0.2) is 9.36 Å². The summed E-state index contributed by atoms with van der Waals surface area (Å²) in [4.78, 5) is 36.1. The number of methoxy groups -OCH3 is 1. The normalized spacial score (nSPS) is 32.9. The largest absolute Gasteiger partial charge is 0.473 e. The molecule has 0 saturated carbocycles. The van der Waals surface area contributed by atoms with E-state index < -0.39 is 55.8 Å². The molecule has 0 aliphatic carbocycles. The Morgan fingerprint density at radius 3 is 2.71 bits per heavy atom. The Labute approximate surface area is 177 Å². The molecule has 1 aromatic rings. The first kappa shape index (κ1) is 24.2. The predicted octanol–water partition coefficient (Wildman–Crippen LogP) is -0.862. The van der Waals surface area contributed by atoms with E-state index in [1.807, 2.05) is 0 Å². The zero-order valence-corrected chi connectivity index (χ0v) is 18.0. The molecule has 2 fully saturated rings. The summed E-state index contributed by atoms with van der Waals surface area (Å²) in [6, 6.07) is 1.14. The Balaban J connectivity index is 1.83. The lowest BCUT2D eigenvalue weighted by Gasteiger charge is -2.27. The highest BCUT2D eigenvalue weighted by atomic mass is 31.2. The van der Waals surface area contributed by atoms with E-state index in [-0.39, 0.29) is 19.8 Å². The van der Waals surface area contributed by atoms with E-state index in [9.17, 15) is 24.2 Å². The third-order valence-electron chi connectivity index (χ3n) is 5.02. The van der Waals surface area contributed by atoms with Gasteiger partial charge in [-0.3, -0.25) is 23.4 Å². The fraction of sp³-hybridized carbons (Fsp3) is 0.765. The van der Waals surface area contributed by atoms with Crippen LogP contribution in [0.3, 0.4) is 0 Å². The number of phosphoric acid groups is 1. The van der Waals surface area contributed by atoms with Crippen molar-refractivity contribution in [3.05, 3.63) is 33.1 Å². The number of H-pyrrole nitrogens is 1. The number of rotatable bonds is 10. The first-order valence-corrected chi connectivity index (χ1v) is 11.3. The molecule has 2 aliphatic rings. The Hall–Kier alpha value is -1.41. The number of nitrogens with one attached hydrogen (secondary N) is 1. The maximum Gasteiger partial charge on any atom is 0.473 e. The molecule has 0 aromatic carbocycles. The predicted molar refractivity (Wildman–Crippen MR) is 104 cm³/mol. The number of hydrogen-bond donors (Lipinski definition) is 3. The third kappa shape index (κ3) is 5.69. The average molecular weight is 466 g/mol.